The molecule has 2 aromatic heterocycles. The number of hydrogen-bond acceptors (Lipinski definition) is 6. The molecule has 1 amide bonds. The zero-order valence-electron chi connectivity index (χ0n) is 13.8. The van der Waals surface area contributed by atoms with Crippen LogP contribution in [0, 0.1) is 0 Å². The molecule has 0 bridgehead atoms. The highest BCUT2D eigenvalue weighted by molar-refractivity contribution is 8.00. The predicted octanol–water partition coefficient (Wildman–Crippen LogP) is 2.99. The number of nitrogens with zero attached hydrogens (tertiary/aromatic N) is 3. The number of methoxy groups -OCH3 is 1. The minimum Gasteiger partial charge on any atom is -0.497 e. The molecule has 3 aromatic rings. The summed E-state index contributed by atoms with van der Waals surface area (Å²) in [7, 11) is 1.60. The number of aromatic amines is 1. The average Bonchev–Trinajstić information content (AvgIpc) is 3.11. The largest absolute Gasteiger partial charge is 0.497 e. The van der Waals surface area contributed by atoms with E-state index in [0.29, 0.717) is 16.7 Å². The van der Waals surface area contributed by atoms with E-state index in [1.54, 1.807) is 43.8 Å². The minimum absolute atomic E-state index is 0.120. The van der Waals surface area contributed by atoms with E-state index in [9.17, 15) is 4.79 Å². The molecule has 0 aliphatic heterocycles. The lowest BCUT2D eigenvalue weighted by atomic mass is 10.3. The molecular weight excluding hydrogens is 338 g/mol. The van der Waals surface area contributed by atoms with Crippen LogP contribution in [0.1, 0.15) is 6.92 Å². The van der Waals surface area contributed by atoms with Gasteiger partial charge in [-0.3, -0.25) is 14.9 Å². The number of pyridine rings is 1. The van der Waals surface area contributed by atoms with Crippen LogP contribution in [0.3, 0.4) is 0 Å². The Morgan fingerprint density at radius 2 is 1.92 bits per heavy atom. The summed E-state index contributed by atoms with van der Waals surface area (Å²) < 4.78 is 5.10. The third-order valence-electron chi connectivity index (χ3n) is 3.43. The van der Waals surface area contributed by atoms with Gasteiger partial charge in [-0.1, -0.05) is 11.8 Å². The molecule has 0 radical (unpaired) electrons. The van der Waals surface area contributed by atoms with Gasteiger partial charge in [-0.25, -0.2) is 4.98 Å². The van der Waals surface area contributed by atoms with Gasteiger partial charge in [0.25, 0.3) is 0 Å². The predicted molar refractivity (Wildman–Crippen MR) is 96.6 cm³/mol. The number of aromatic nitrogens is 4. The van der Waals surface area contributed by atoms with Gasteiger partial charge in [0.05, 0.1) is 12.4 Å². The number of nitrogens with one attached hydrogen (secondary N) is 2. The first kappa shape index (κ1) is 17.0. The number of carbonyl (C=O) groups excluding carboxylic acids is 1. The number of H-pyrrole nitrogens is 1. The number of ether oxygens (including phenoxy) is 1. The van der Waals surface area contributed by atoms with Crippen LogP contribution in [0.4, 0.5) is 5.69 Å². The fraction of sp³-hybridized carbons (Fsp3) is 0.176. The molecule has 2 heterocycles. The number of carbonyl (C=O) groups is 1. The van der Waals surface area contributed by atoms with E-state index in [4.69, 9.17) is 4.74 Å². The first-order valence-electron chi connectivity index (χ1n) is 7.60. The van der Waals surface area contributed by atoms with E-state index >= 15 is 0 Å². The molecule has 8 heteroatoms. The highest BCUT2D eigenvalue weighted by Gasteiger charge is 2.17. The van der Waals surface area contributed by atoms with E-state index in [-0.39, 0.29) is 11.2 Å². The Morgan fingerprint density at radius 3 is 2.60 bits per heavy atom. The maximum Gasteiger partial charge on any atom is 0.237 e. The van der Waals surface area contributed by atoms with E-state index < -0.39 is 0 Å². The summed E-state index contributed by atoms with van der Waals surface area (Å²) in [5.74, 6) is 1.27. The van der Waals surface area contributed by atoms with Gasteiger partial charge >= 0.3 is 0 Å². The normalized spacial score (nSPS) is 11.8. The number of hydrogen-bond donors (Lipinski definition) is 2. The van der Waals surface area contributed by atoms with Gasteiger partial charge in [-0.15, -0.1) is 5.10 Å². The van der Waals surface area contributed by atoms with Crippen LogP contribution in [-0.4, -0.2) is 38.4 Å². The maximum absolute atomic E-state index is 12.3. The highest BCUT2D eigenvalue weighted by atomic mass is 32.2. The van der Waals surface area contributed by atoms with Crippen LogP contribution in [0.5, 0.6) is 5.75 Å². The Kier molecular flexibility index (Phi) is 5.30. The number of thioether (sulfide) groups is 1. The van der Waals surface area contributed by atoms with Crippen molar-refractivity contribution < 1.29 is 9.53 Å². The molecule has 128 valence electrons. The average molecular weight is 355 g/mol. The van der Waals surface area contributed by atoms with Gasteiger partial charge in [0.2, 0.25) is 11.1 Å². The highest BCUT2D eigenvalue weighted by Crippen LogP contribution is 2.23. The quantitative estimate of drug-likeness (QED) is 0.660. The molecule has 1 atom stereocenters. The number of amides is 1. The van der Waals surface area contributed by atoms with E-state index in [1.807, 2.05) is 19.1 Å². The van der Waals surface area contributed by atoms with Crippen LogP contribution in [0.15, 0.2) is 53.9 Å². The van der Waals surface area contributed by atoms with Crippen molar-refractivity contribution in [1.82, 2.24) is 20.2 Å². The minimum atomic E-state index is -0.344. The summed E-state index contributed by atoms with van der Waals surface area (Å²) in [6.07, 6.45) is 3.38. The second-order valence-corrected chi connectivity index (χ2v) is 6.49. The molecule has 0 saturated heterocycles. The van der Waals surface area contributed by atoms with E-state index in [1.165, 1.54) is 11.8 Å². The Balaban J connectivity index is 1.60. The summed E-state index contributed by atoms with van der Waals surface area (Å²) in [6.45, 7) is 1.81. The molecular formula is C17H17N5O2S. The molecule has 0 aliphatic rings. The topological polar surface area (TPSA) is 92.8 Å². The number of anilines is 1. The first-order valence-corrected chi connectivity index (χ1v) is 8.48. The zero-order chi connectivity index (χ0) is 17.6. The standard InChI is InChI=1S/C17H17N5O2S/c1-11(16(23)19-13-3-5-14(24-2)6-4-13)25-17-20-15(21-22-17)12-7-9-18-10-8-12/h3-11H,1-2H3,(H,19,23)(H,20,21,22)/t11-/m0/s1. The van der Waals surface area contributed by atoms with Crippen molar-refractivity contribution >= 4 is 23.4 Å². The number of rotatable bonds is 6. The van der Waals surface area contributed by atoms with Crippen molar-refractivity contribution in [3.8, 4) is 17.1 Å². The van der Waals surface area contributed by atoms with Crippen LogP contribution >= 0.6 is 11.8 Å². The fourth-order valence-corrected chi connectivity index (χ4v) is 2.79. The molecule has 1 aromatic carbocycles. The van der Waals surface area contributed by atoms with Crippen LogP contribution in [0.25, 0.3) is 11.4 Å². The molecule has 3 rings (SSSR count). The summed E-state index contributed by atoms with van der Waals surface area (Å²) in [6, 6.07) is 10.9. The molecule has 7 nitrogen and oxygen atoms in total. The van der Waals surface area contributed by atoms with Crippen LogP contribution in [-0.2, 0) is 4.79 Å². The Bertz CT molecular complexity index is 836. The van der Waals surface area contributed by atoms with Crippen molar-refractivity contribution in [3.05, 3.63) is 48.8 Å². The summed E-state index contributed by atoms with van der Waals surface area (Å²) in [5, 5.41) is 10.1. The molecule has 0 spiro atoms. The van der Waals surface area contributed by atoms with E-state index in [2.05, 4.69) is 25.5 Å². The molecule has 25 heavy (non-hydrogen) atoms. The van der Waals surface area contributed by atoms with Gasteiger partial charge in [0, 0.05) is 23.6 Å². The van der Waals surface area contributed by atoms with Crippen molar-refractivity contribution in [2.75, 3.05) is 12.4 Å². The zero-order valence-corrected chi connectivity index (χ0v) is 14.6. The van der Waals surface area contributed by atoms with E-state index in [0.717, 1.165) is 11.3 Å². The van der Waals surface area contributed by atoms with Gasteiger partial charge in [0.15, 0.2) is 5.82 Å². The third-order valence-corrected chi connectivity index (χ3v) is 4.39. The molecule has 2 N–H and O–H groups in total. The first-order chi connectivity index (χ1) is 12.2. The third kappa shape index (κ3) is 4.36. The van der Waals surface area contributed by atoms with Crippen LogP contribution in [0.2, 0.25) is 0 Å². The number of benzene rings is 1. The molecule has 0 saturated carbocycles. The molecule has 0 aliphatic carbocycles. The smallest absolute Gasteiger partial charge is 0.237 e. The van der Waals surface area contributed by atoms with Gasteiger partial charge in [-0.2, -0.15) is 0 Å². The lowest BCUT2D eigenvalue weighted by Crippen LogP contribution is -2.22. The monoisotopic (exact) mass is 355 g/mol. The summed E-state index contributed by atoms with van der Waals surface area (Å²) in [5.41, 5.74) is 1.61. The van der Waals surface area contributed by atoms with Crippen molar-refractivity contribution in [2.45, 2.75) is 17.3 Å². The lowest BCUT2D eigenvalue weighted by molar-refractivity contribution is -0.115. The Morgan fingerprint density at radius 1 is 1.20 bits per heavy atom. The Labute approximate surface area is 149 Å². The van der Waals surface area contributed by atoms with Crippen molar-refractivity contribution in [2.24, 2.45) is 0 Å². The Hall–Kier alpha value is -2.87. The van der Waals surface area contributed by atoms with Crippen molar-refractivity contribution in [3.63, 3.8) is 0 Å². The van der Waals surface area contributed by atoms with Gasteiger partial charge < -0.3 is 10.1 Å². The second kappa shape index (κ2) is 7.80. The lowest BCUT2D eigenvalue weighted by Gasteiger charge is -2.10. The fourth-order valence-electron chi connectivity index (χ4n) is 2.07. The van der Waals surface area contributed by atoms with Crippen molar-refractivity contribution in [1.29, 1.82) is 0 Å². The summed E-state index contributed by atoms with van der Waals surface area (Å²) >= 11 is 1.29. The van der Waals surface area contributed by atoms with Gasteiger partial charge in [0.1, 0.15) is 5.75 Å². The maximum atomic E-state index is 12.3. The summed E-state index contributed by atoms with van der Waals surface area (Å²) in [4.78, 5) is 20.7. The van der Waals surface area contributed by atoms with Crippen LogP contribution < -0.4 is 10.1 Å². The second-order valence-electron chi connectivity index (χ2n) is 5.18. The SMILES string of the molecule is COc1ccc(NC(=O)[C@H](C)Sc2n[nH]c(-c3ccncc3)n2)cc1. The van der Waals surface area contributed by atoms with Gasteiger partial charge in [-0.05, 0) is 43.3 Å². The molecule has 0 unspecified atom stereocenters. The molecule has 0 fully saturated rings.